The molecule has 0 spiro atoms. The number of hydrogen-bond acceptors (Lipinski definition) is 4. The van der Waals surface area contributed by atoms with E-state index in [1.165, 1.54) is 12.8 Å². The summed E-state index contributed by atoms with van der Waals surface area (Å²) in [6, 6.07) is 5.76. The molecule has 0 aliphatic heterocycles. The molecule has 0 radical (unpaired) electrons. The van der Waals surface area contributed by atoms with E-state index in [0.717, 1.165) is 29.4 Å². The van der Waals surface area contributed by atoms with Crippen LogP contribution in [-0.2, 0) is 6.54 Å². The van der Waals surface area contributed by atoms with Crippen LogP contribution in [0.5, 0.6) is 11.5 Å². The molecule has 1 heterocycles. The molecule has 0 bridgehead atoms. The lowest BCUT2D eigenvalue weighted by molar-refractivity contribution is 0.280. The zero-order chi connectivity index (χ0) is 16.2. The first kappa shape index (κ1) is 16.2. The predicted molar refractivity (Wildman–Crippen MR) is 92.8 cm³/mol. The Labute approximate surface area is 145 Å². The van der Waals surface area contributed by atoms with Gasteiger partial charge in [-0.05, 0) is 30.9 Å². The molecule has 1 fully saturated rings. The van der Waals surface area contributed by atoms with Gasteiger partial charge in [-0.25, -0.2) is 0 Å². The van der Waals surface area contributed by atoms with Gasteiger partial charge in [0.25, 0.3) is 0 Å². The molecule has 6 heteroatoms. The zero-order valence-electron chi connectivity index (χ0n) is 12.8. The number of benzene rings is 1. The normalized spacial score (nSPS) is 13.7. The Morgan fingerprint density at radius 3 is 2.57 bits per heavy atom. The minimum atomic E-state index is 0.509. The molecule has 3 rings (SSSR count). The maximum absolute atomic E-state index is 6.13. The number of ether oxygens (including phenoxy) is 2. The number of rotatable bonds is 7. The minimum Gasteiger partial charge on any atom is -0.493 e. The van der Waals surface area contributed by atoms with Crippen molar-refractivity contribution in [1.29, 1.82) is 0 Å². The number of hydrogen-bond donors (Lipinski definition) is 1. The molecular weight excluding hydrogens is 335 g/mol. The Morgan fingerprint density at radius 2 is 1.91 bits per heavy atom. The summed E-state index contributed by atoms with van der Waals surface area (Å²) in [4.78, 5) is 3.95. The van der Waals surface area contributed by atoms with Gasteiger partial charge in [0.05, 0.1) is 23.8 Å². The summed E-state index contributed by atoms with van der Waals surface area (Å²) in [5.41, 5.74) is 1.74. The molecule has 0 amide bonds. The van der Waals surface area contributed by atoms with Gasteiger partial charge < -0.3 is 14.8 Å². The van der Waals surface area contributed by atoms with Crippen molar-refractivity contribution in [2.24, 2.45) is 5.92 Å². The molecule has 1 aromatic carbocycles. The van der Waals surface area contributed by atoms with E-state index >= 15 is 0 Å². The first-order chi connectivity index (χ1) is 11.2. The van der Waals surface area contributed by atoms with Crippen molar-refractivity contribution >= 4 is 28.9 Å². The van der Waals surface area contributed by atoms with Gasteiger partial charge in [-0.3, -0.25) is 4.98 Å². The molecule has 1 aromatic heterocycles. The summed E-state index contributed by atoms with van der Waals surface area (Å²) in [6.07, 6.45) is 5.67. The topological polar surface area (TPSA) is 43.4 Å². The van der Waals surface area contributed by atoms with Gasteiger partial charge in [-0.1, -0.05) is 23.2 Å². The van der Waals surface area contributed by atoms with Gasteiger partial charge >= 0.3 is 0 Å². The van der Waals surface area contributed by atoms with Gasteiger partial charge in [0.15, 0.2) is 11.5 Å². The third-order valence-corrected chi connectivity index (χ3v) is 4.41. The first-order valence-corrected chi connectivity index (χ1v) is 8.25. The molecule has 0 saturated heterocycles. The number of nitrogens with one attached hydrogen (secondary N) is 1. The average Bonchev–Trinajstić information content (AvgIpc) is 3.37. The van der Waals surface area contributed by atoms with E-state index in [1.54, 1.807) is 19.5 Å². The van der Waals surface area contributed by atoms with Crippen LogP contribution in [0.3, 0.4) is 0 Å². The maximum Gasteiger partial charge on any atom is 0.163 e. The minimum absolute atomic E-state index is 0.509. The van der Waals surface area contributed by atoms with Gasteiger partial charge in [-0.2, -0.15) is 0 Å². The average molecular weight is 353 g/mol. The Morgan fingerprint density at radius 1 is 1.17 bits per heavy atom. The Bertz CT molecular complexity index is 670. The van der Waals surface area contributed by atoms with Crippen LogP contribution in [0.15, 0.2) is 30.6 Å². The van der Waals surface area contributed by atoms with Crippen molar-refractivity contribution in [1.82, 2.24) is 4.98 Å². The van der Waals surface area contributed by atoms with Crippen molar-refractivity contribution in [3.8, 4) is 11.5 Å². The zero-order valence-corrected chi connectivity index (χ0v) is 14.3. The summed E-state index contributed by atoms with van der Waals surface area (Å²) in [6.45, 7) is 1.25. The molecule has 2 aromatic rings. The van der Waals surface area contributed by atoms with Crippen LogP contribution < -0.4 is 14.8 Å². The van der Waals surface area contributed by atoms with Crippen molar-refractivity contribution in [2.75, 3.05) is 19.0 Å². The molecule has 1 aliphatic carbocycles. The molecule has 1 saturated carbocycles. The fourth-order valence-corrected chi connectivity index (χ4v) is 2.69. The standard InChI is InChI=1S/C17H18Cl2N2O2/c1-22-16-5-4-12(6-17(16)23-10-11-2-3-11)21-7-13-14(18)8-20-9-15(13)19/h4-6,8-9,11,21H,2-3,7,10H2,1H3. The molecule has 0 atom stereocenters. The van der Waals surface area contributed by atoms with Crippen molar-refractivity contribution in [2.45, 2.75) is 19.4 Å². The van der Waals surface area contributed by atoms with Crippen LogP contribution in [0.25, 0.3) is 0 Å². The van der Waals surface area contributed by atoms with Crippen LogP contribution in [0, 0.1) is 5.92 Å². The van der Waals surface area contributed by atoms with Crippen LogP contribution in [0.4, 0.5) is 5.69 Å². The van der Waals surface area contributed by atoms with Crippen molar-refractivity contribution < 1.29 is 9.47 Å². The monoisotopic (exact) mass is 352 g/mol. The Hall–Kier alpha value is -1.65. The first-order valence-electron chi connectivity index (χ1n) is 7.50. The third-order valence-electron chi connectivity index (χ3n) is 3.76. The highest BCUT2D eigenvalue weighted by Crippen LogP contribution is 2.34. The summed E-state index contributed by atoms with van der Waals surface area (Å²) in [7, 11) is 1.64. The fraction of sp³-hybridized carbons (Fsp3) is 0.353. The van der Waals surface area contributed by atoms with Crippen molar-refractivity contribution in [3.63, 3.8) is 0 Å². The maximum atomic E-state index is 6.13. The van der Waals surface area contributed by atoms with E-state index < -0.39 is 0 Å². The number of methoxy groups -OCH3 is 1. The van der Waals surface area contributed by atoms with Crippen molar-refractivity contribution in [3.05, 3.63) is 46.2 Å². The molecule has 1 aliphatic rings. The summed E-state index contributed by atoms with van der Waals surface area (Å²) in [5.74, 6) is 2.17. The second-order valence-electron chi connectivity index (χ2n) is 5.56. The Balaban J connectivity index is 1.70. The SMILES string of the molecule is COc1ccc(NCc2c(Cl)cncc2Cl)cc1OCC1CC1. The summed E-state index contributed by atoms with van der Waals surface area (Å²) < 4.78 is 11.2. The lowest BCUT2D eigenvalue weighted by Gasteiger charge is -2.14. The smallest absolute Gasteiger partial charge is 0.163 e. The molecule has 122 valence electrons. The van der Waals surface area contributed by atoms with Crippen LogP contribution in [0.2, 0.25) is 10.0 Å². The quantitative estimate of drug-likeness (QED) is 0.777. The van der Waals surface area contributed by atoms with Gasteiger partial charge in [-0.15, -0.1) is 0 Å². The Kier molecular flexibility index (Phi) is 5.13. The van der Waals surface area contributed by atoms with Gasteiger partial charge in [0, 0.05) is 36.3 Å². The van der Waals surface area contributed by atoms with Crippen LogP contribution in [0.1, 0.15) is 18.4 Å². The largest absolute Gasteiger partial charge is 0.493 e. The highest BCUT2D eigenvalue weighted by molar-refractivity contribution is 6.35. The van der Waals surface area contributed by atoms with E-state index in [1.807, 2.05) is 18.2 Å². The van der Waals surface area contributed by atoms with Crippen LogP contribution >= 0.6 is 23.2 Å². The van der Waals surface area contributed by atoms with Gasteiger partial charge in [0.2, 0.25) is 0 Å². The molecular formula is C17H18Cl2N2O2. The van der Waals surface area contributed by atoms with E-state index in [9.17, 15) is 0 Å². The van der Waals surface area contributed by atoms with E-state index in [4.69, 9.17) is 32.7 Å². The number of aromatic nitrogens is 1. The lowest BCUT2D eigenvalue weighted by atomic mass is 10.2. The lowest BCUT2D eigenvalue weighted by Crippen LogP contribution is -2.04. The summed E-state index contributed by atoms with van der Waals surface area (Å²) >= 11 is 12.3. The summed E-state index contributed by atoms with van der Waals surface area (Å²) in [5, 5.41) is 4.40. The predicted octanol–water partition coefficient (Wildman–Crippen LogP) is 4.80. The second kappa shape index (κ2) is 7.28. The van der Waals surface area contributed by atoms with E-state index in [0.29, 0.717) is 22.5 Å². The molecule has 4 nitrogen and oxygen atoms in total. The highest BCUT2D eigenvalue weighted by Gasteiger charge is 2.22. The number of halogens is 2. The third kappa shape index (κ3) is 4.21. The van der Waals surface area contributed by atoms with Crippen LogP contribution in [-0.4, -0.2) is 18.7 Å². The molecule has 0 unspecified atom stereocenters. The fourth-order valence-electron chi connectivity index (χ4n) is 2.19. The van der Waals surface area contributed by atoms with E-state index in [-0.39, 0.29) is 0 Å². The molecule has 23 heavy (non-hydrogen) atoms. The number of pyridine rings is 1. The number of anilines is 1. The highest BCUT2D eigenvalue weighted by atomic mass is 35.5. The second-order valence-corrected chi connectivity index (χ2v) is 6.37. The molecule has 1 N–H and O–H groups in total. The van der Waals surface area contributed by atoms with Gasteiger partial charge in [0.1, 0.15) is 0 Å². The van der Waals surface area contributed by atoms with E-state index in [2.05, 4.69) is 10.3 Å². The number of nitrogens with zero attached hydrogens (tertiary/aromatic N) is 1.